The van der Waals surface area contributed by atoms with Crippen molar-refractivity contribution in [3.05, 3.63) is 30.3 Å². The Morgan fingerprint density at radius 2 is 2.05 bits per heavy atom. The molecule has 0 aromatic heterocycles. The molecule has 0 radical (unpaired) electrons. The van der Waals surface area contributed by atoms with Gasteiger partial charge in [0.25, 0.3) is 0 Å². The highest BCUT2D eigenvalue weighted by Gasteiger charge is 2.35. The zero-order chi connectivity index (χ0) is 13.6. The van der Waals surface area contributed by atoms with E-state index < -0.39 is 0 Å². The van der Waals surface area contributed by atoms with Crippen LogP contribution in [0, 0.1) is 0 Å². The van der Waals surface area contributed by atoms with Crippen molar-refractivity contribution in [1.29, 1.82) is 0 Å². The molecular weight excluding hydrogens is 236 g/mol. The Morgan fingerprint density at radius 3 is 2.74 bits per heavy atom. The minimum Gasteiger partial charge on any atom is -0.494 e. The van der Waals surface area contributed by atoms with Crippen LogP contribution in [0.25, 0.3) is 0 Å². The SMILES string of the molecule is CNCC1(CCOc2ccccc2)CCCCN1C. The molecule has 1 aliphatic heterocycles. The van der Waals surface area contributed by atoms with E-state index in [0.29, 0.717) is 0 Å². The average molecular weight is 262 g/mol. The minimum absolute atomic E-state index is 0.266. The number of nitrogens with one attached hydrogen (secondary N) is 1. The quantitative estimate of drug-likeness (QED) is 0.852. The lowest BCUT2D eigenvalue weighted by Gasteiger charge is -2.45. The number of piperidine rings is 1. The number of hydrogen-bond acceptors (Lipinski definition) is 3. The summed E-state index contributed by atoms with van der Waals surface area (Å²) in [5.74, 6) is 0.973. The summed E-state index contributed by atoms with van der Waals surface area (Å²) in [5.41, 5.74) is 0.266. The summed E-state index contributed by atoms with van der Waals surface area (Å²) >= 11 is 0. The molecule has 3 heteroatoms. The van der Waals surface area contributed by atoms with Gasteiger partial charge in [0.1, 0.15) is 5.75 Å². The van der Waals surface area contributed by atoms with Gasteiger partial charge in [-0.2, -0.15) is 0 Å². The van der Waals surface area contributed by atoms with Gasteiger partial charge in [0.2, 0.25) is 0 Å². The van der Waals surface area contributed by atoms with Gasteiger partial charge in [0.15, 0.2) is 0 Å². The molecule has 1 aromatic carbocycles. The van der Waals surface area contributed by atoms with Crippen LogP contribution in [0.5, 0.6) is 5.75 Å². The average Bonchev–Trinajstić information content (AvgIpc) is 2.44. The maximum atomic E-state index is 5.87. The second kappa shape index (κ2) is 6.92. The third-order valence-electron chi connectivity index (χ3n) is 4.28. The van der Waals surface area contributed by atoms with Crippen LogP contribution in [0.15, 0.2) is 30.3 Å². The number of likely N-dealkylation sites (N-methyl/N-ethyl adjacent to an activating group) is 2. The predicted octanol–water partition coefficient (Wildman–Crippen LogP) is 2.53. The lowest BCUT2D eigenvalue weighted by Crippen LogP contribution is -2.55. The Hall–Kier alpha value is -1.06. The van der Waals surface area contributed by atoms with Crippen LogP contribution in [0.4, 0.5) is 0 Å². The zero-order valence-electron chi connectivity index (χ0n) is 12.2. The number of ether oxygens (including phenoxy) is 1. The Kier molecular flexibility index (Phi) is 5.23. The first-order valence-corrected chi connectivity index (χ1v) is 7.30. The monoisotopic (exact) mass is 262 g/mol. The molecule has 1 saturated heterocycles. The number of para-hydroxylation sites is 1. The first kappa shape index (κ1) is 14.4. The van der Waals surface area contributed by atoms with E-state index in [1.165, 1.54) is 25.8 Å². The number of nitrogens with zero attached hydrogens (tertiary/aromatic N) is 1. The first-order valence-electron chi connectivity index (χ1n) is 7.30. The van der Waals surface area contributed by atoms with Gasteiger partial charge in [0.05, 0.1) is 6.61 Å². The van der Waals surface area contributed by atoms with Gasteiger partial charge < -0.3 is 10.1 Å². The molecule has 1 N–H and O–H groups in total. The molecular formula is C16H26N2O. The number of benzene rings is 1. The largest absolute Gasteiger partial charge is 0.494 e. The van der Waals surface area contributed by atoms with Gasteiger partial charge in [-0.05, 0) is 45.6 Å². The molecule has 1 heterocycles. The van der Waals surface area contributed by atoms with Gasteiger partial charge in [-0.25, -0.2) is 0 Å². The maximum Gasteiger partial charge on any atom is 0.119 e. The van der Waals surface area contributed by atoms with Crippen molar-refractivity contribution in [3.8, 4) is 5.75 Å². The second-order valence-corrected chi connectivity index (χ2v) is 5.54. The lowest BCUT2D eigenvalue weighted by atomic mass is 9.84. The number of hydrogen-bond donors (Lipinski definition) is 1. The van der Waals surface area contributed by atoms with Gasteiger partial charge in [-0.15, -0.1) is 0 Å². The van der Waals surface area contributed by atoms with Crippen LogP contribution in [-0.2, 0) is 0 Å². The molecule has 1 aromatic rings. The fourth-order valence-electron chi connectivity index (χ4n) is 3.06. The van der Waals surface area contributed by atoms with E-state index in [1.54, 1.807) is 0 Å². The summed E-state index contributed by atoms with van der Waals surface area (Å²) in [6.07, 6.45) is 5.00. The van der Waals surface area contributed by atoms with Crippen molar-refractivity contribution in [1.82, 2.24) is 10.2 Å². The first-order chi connectivity index (χ1) is 9.27. The second-order valence-electron chi connectivity index (χ2n) is 5.54. The Labute approximate surface area is 116 Å². The molecule has 19 heavy (non-hydrogen) atoms. The molecule has 1 aliphatic rings. The van der Waals surface area contributed by atoms with Crippen molar-refractivity contribution in [2.75, 3.05) is 33.8 Å². The van der Waals surface area contributed by atoms with Crippen LogP contribution in [0.1, 0.15) is 25.7 Å². The van der Waals surface area contributed by atoms with Crippen molar-refractivity contribution < 1.29 is 4.74 Å². The summed E-state index contributed by atoms with van der Waals surface area (Å²) in [6.45, 7) is 3.03. The van der Waals surface area contributed by atoms with E-state index in [9.17, 15) is 0 Å². The Bertz CT molecular complexity index is 364. The maximum absolute atomic E-state index is 5.87. The summed E-state index contributed by atoms with van der Waals surface area (Å²) < 4.78 is 5.87. The molecule has 1 unspecified atom stereocenters. The van der Waals surface area contributed by atoms with E-state index >= 15 is 0 Å². The molecule has 0 aliphatic carbocycles. The van der Waals surface area contributed by atoms with Gasteiger partial charge in [0, 0.05) is 18.5 Å². The highest BCUT2D eigenvalue weighted by Crippen LogP contribution is 2.29. The smallest absolute Gasteiger partial charge is 0.119 e. The summed E-state index contributed by atoms with van der Waals surface area (Å²) in [6, 6.07) is 10.1. The van der Waals surface area contributed by atoms with Crippen molar-refractivity contribution >= 4 is 0 Å². The Morgan fingerprint density at radius 1 is 1.26 bits per heavy atom. The third kappa shape index (κ3) is 3.71. The molecule has 1 fully saturated rings. The van der Waals surface area contributed by atoms with Crippen molar-refractivity contribution in [2.24, 2.45) is 0 Å². The van der Waals surface area contributed by atoms with Gasteiger partial charge in [-0.3, -0.25) is 4.90 Å². The van der Waals surface area contributed by atoms with Crippen molar-refractivity contribution in [2.45, 2.75) is 31.2 Å². The van der Waals surface area contributed by atoms with Gasteiger partial charge >= 0.3 is 0 Å². The molecule has 1 atom stereocenters. The highest BCUT2D eigenvalue weighted by atomic mass is 16.5. The lowest BCUT2D eigenvalue weighted by molar-refractivity contribution is 0.0520. The van der Waals surface area contributed by atoms with Crippen LogP contribution in [-0.4, -0.2) is 44.2 Å². The minimum atomic E-state index is 0.266. The number of rotatable bonds is 6. The number of likely N-dealkylation sites (tertiary alicyclic amines) is 1. The van der Waals surface area contributed by atoms with Crippen LogP contribution >= 0.6 is 0 Å². The zero-order valence-corrected chi connectivity index (χ0v) is 12.2. The van der Waals surface area contributed by atoms with E-state index in [4.69, 9.17) is 4.74 Å². The molecule has 2 rings (SSSR count). The highest BCUT2D eigenvalue weighted by molar-refractivity contribution is 5.20. The standard InChI is InChI=1S/C16H26N2O/c1-17-14-16(10-6-7-12-18(16)2)11-13-19-15-8-4-3-5-9-15/h3-5,8-9,17H,6-7,10-14H2,1-2H3. The third-order valence-corrected chi connectivity index (χ3v) is 4.28. The Balaban J connectivity index is 1.90. The normalized spacial score (nSPS) is 24.3. The molecule has 0 bridgehead atoms. The molecule has 0 amide bonds. The van der Waals surface area contributed by atoms with Crippen LogP contribution < -0.4 is 10.1 Å². The van der Waals surface area contributed by atoms with E-state index in [-0.39, 0.29) is 5.54 Å². The topological polar surface area (TPSA) is 24.5 Å². The van der Waals surface area contributed by atoms with Crippen molar-refractivity contribution in [3.63, 3.8) is 0 Å². The molecule has 3 nitrogen and oxygen atoms in total. The van der Waals surface area contributed by atoms with E-state index in [0.717, 1.165) is 25.3 Å². The van der Waals surface area contributed by atoms with E-state index in [2.05, 4.69) is 17.3 Å². The van der Waals surface area contributed by atoms with E-state index in [1.807, 2.05) is 37.4 Å². The van der Waals surface area contributed by atoms with Gasteiger partial charge in [-0.1, -0.05) is 24.6 Å². The molecule has 0 spiro atoms. The summed E-state index contributed by atoms with van der Waals surface area (Å²) in [4.78, 5) is 2.52. The summed E-state index contributed by atoms with van der Waals surface area (Å²) in [7, 11) is 4.29. The van der Waals surface area contributed by atoms with Crippen LogP contribution in [0.2, 0.25) is 0 Å². The predicted molar refractivity (Wildman–Crippen MR) is 79.7 cm³/mol. The molecule has 0 saturated carbocycles. The summed E-state index contributed by atoms with van der Waals surface area (Å²) in [5, 5.41) is 3.36. The fraction of sp³-hybridized carbons (Fsp3) is 0.625. The molecule has 106 valence electrons. The fourth-order valence-corrected chi connectivity index (χ4v) is 3.06. The van der Waals surface area contributed by atoms with Crippen LogP contribution in [0.3, 0.4) is 0 Å².